The van der Waals surface area contributed by atoms with Gasteiger partial charge in [-0.2, -0.15) is 0 Å². The zero-order chi connectivity index (χ0) is 25.1. The molecule has 35 heavy (non-hydrogen) atoms. The zero-order valence-corrected chi connectivity index (χ0v) is 19.1. The van der Waals surface area contributed by atoms with Gasteiger partial charge in [-0.1, -0.05) is 24.8 Å². The number of amides is 2. The monoisotopic (exact) mass is 499 g/mol. The molecule has 4 atom stereocenters. The van der Waals surface area contributed by atoms with Gasteiger partial charge in [0.2, 0.25) is 5.37 Å². The van der Waals surface area contributed by atoms with Gasteiger partial charge in [0.05, 0.1) is 4.92 Å². The van der Waals surface area contributed by atoms with E-state index in [1.807, 2.05) is 0 Å². The summed E-state index contributed by atoms with van der Waals surface area (Å²) in [7, 11) is 0. The van der Waals surface area contributed by atoms with Crippen LogP contribution in [0.2, 0.25) is 0 Å². The number of ether oxygens (including phenoxy) is 2. The van der Waals surface area contributed by atoms with Gasteiger partial charge in [0.1, 0.15) is 18.1 Å². The fourth-order valence-corrected chi connectivity index (χ4v) is 5.49. The van der Waals surface area contributed by atoms with E-state index in [9.17, 15) is 29.1 Å². The number of fused-ring (bicyclic) bond motifs is 1. The third-order valence-electron chi connectivity index (χ3n) is 5.52. The summed E-state index contributed by atoms with van der Waals surface area (Å²) in [5, 5.41) is 12.4. The largest absolute Gasteiger partial charge is 0.614 e. The molecule has 11 nitrogen and oxygen atoms in total. The number of carbonyl (C=O) groups excluding carboxylic acids is 3. The summed E-state index contributed by atoms with van der Waals surface area (Å²) in [4.78, 5) is 49.2. The predicted molar refractivity (Wildman–Crippen MR) is 123 cm³/mol. The first-order valence-corrected chi connectivity index (χ1v) is 11.9. The smallest absolute Gasteiger partial charge is 0.333 e. The van der Waals surface area contributed by atoms with Crippen LogP contribution in [-0.4, -0.2) is 62.0 Å². The molecule has 2 aliphatic heterocycles. The van der Waals surface area contributed by atoms with Crippen LogP contribution in [0.5, 0.6) is 5.75 Å². The molecule has 12 heteroatoms. The quantitative estimate of drug-likeness (QED) is 0.141. The number of para-hydroxylation sites is 1. The summed E-state index contributed by atoms with van der Waals surface area (Å²) in [5.74, 6) is -1.45. The Bertz CT molecular complexity index is 1160. The second-order valence-corrected chi connectivity index (χ2v) is 9.43. The lowest BCUT2D eigenvalue weighted by molar-refractivity contribution is -0.384. The lowest BCUT2D eigenvalue weighted by Gasteiger charge is -2.52. The number of hydrogen-bond donors (Lipinski definition) is 1. The molecule has 4 rings (SSSR count). The first-order valence-electron chi connectivity index (χ1n) is 10.5. The molecule has 0 radical (unpaired) electrons. The number of esters is 1. The van der Waals surface area contributed by atoms with Gasteiger partial charge in [-0.25, -0.2) is 4.79 Å². The number of nitrogens with zero attached hydrogens (tertiary/aromatic N) is 2. The van der Waals surface area contributed by atoms with E-state index in [0.717, 1.165) is 4.90 Å². The number of nitro groups is 1. The van der Waals surface area contributed by atoms with Crippen molar-refractivity contribution < 1.29 is 33.3 Å². The molecule has 2 fully saturated rings. The molecular weight excluding hydrogens is 478 g/mol. The number of hydrogen-bond acceptors (Lipinski definition) is 8. The van der Waals surface area contributed by atoms with Gasteiger partial charge in [-0.3, -0.25) is 24.6 Å². The molecule has 2 heterocycles. The molecule has 1 N–H and O–H groups in total. The topological polar surface area (TPSA) is 151 Å². The zero-order valence-electron chi connectivity index (χ0n) is 18.3. The second kappa shape index (κ2) is 10.2. The van der Waals surface area contributed by atoms with Crippen LogP contribution in [0.1, 0.15) is 5.56 Å². The van der Waals surface area contributed by atoms with Crippen molar-refractivity contribution in [2.24, 2.45) is 0 Å². The van der Waals surface area contributed by atoms with Crippen LogP contribution >= 0.6 is 0 Å². The third-order valence-corrected chi connectivity index (χ3v) is 7.22. The van der Waals surface area contributed by atoms with Crippen molar-refractivity contribution in [1.29, 1.82) is 0 Å². The van der Waals surface area contributed by atoms with Crippen LogP contribution in [0.4, 0.5) is 5.69 Å². The predicted octanol–water partition coefficient (Wildman–Crippen LogP) is 1.06. The Hall–Kier alpha value is -3.90. The van der Waals surface area contributed by atoms with Crippen molar-refractivity contribution >= 4 is 34.6 Å². The summed E-state index contributed by atoms with van der Waals surface area (Å²) in [6.07, 6.45) is 0. The van der Waals surface area contributed by atoms with E-state index in [2.05, 4.69) is 11.9 Å². The number of benzene rings is 2. The van der Waals surface area contributed by atoms with Gasteiger partial charge in [-0.15, -0.1) is 0 Å². The summed E-state index contributed by atoms with van der Waals surface area (Å²) >= 11 is -1.57. The number of carbonyl (C=O) groups is 3. The highest BCUT2D eigenvalue weighted by molar-refractivity contribution is 7.92. The molecule has 2 aliphatic rings. The Morgan fingerprint density at radius 3 is 2.51 bits per heavy atom. The Morgan fingerprint density at radius 1 is 1.17 bits per heavy atom. The Balaban J connectivity index is 1.36. The average Bonchev–Trinajstić information content (AvgIpc) is 2.85. The highest BCUT2D eigenvalue weighted by Crippen LogP contribution is 2.36. The number of non-ortho nitro benzene ring substituents is 1. The minimum Gasteiger partial charge on any atom is -0.614 e. The molecule has 0 spiro atoms. The van der Waals surface area contributed by atoms with Gasteiger partial charge in [0.15, 0.2) is 18.7 Å². The van der Waals surface area contributed by atoms with Crippen molar-refractivity contribution in [3.63, 3.8) is 0 Å². The summed E-state index contributed by atoms with van der Waals surface area (Å²) in [5.41, 5.74) is 0.683. The van der Waals surface area contributed by atoms with Crippen LogP contribution in [0.15, 0.2) is 66.7 Å². The highest BCUT2D eigenvalue weighted by Gasteiger charge is 2.63. The molecule has 2 amide bonds. The van der Waals surface area contributed by atoms with Gasteiger partial charge < -0.3 is 19.3 Å². The van der Waals surface area contributed by atoms with Crippen molar-refractivity contribution in [2.45, 2.75) is 24.1 Å². The minimum absolute atomic E-state index is 0.0291. The molecule has 182 valence electrons. The Kier molecular flexibility index (Phi) is 7.03. The number of nitro benzene ring substituents is 1. The van der Waals surface area contributed by atoms with Crippen molar-refractivity contribution in [3.05, 3.63) is 82.4 Å². The molecule has 0 aliphatic carbocycles. The molecule has 2 aromatic rings. The molecule has 3 unspecified atom stereocenters. The van der Waals surface area contributed by atoms with E-state index in [1.54, 1.807) is 30.3 Å². The van der Waals surface area contributed by atoms with Crippen LogP contribution < -0.4 is 10.1 Å². The normalized spacial score (nSPS) is 23.1. The van der Waals surface area contributed by atoms with E-state index in [4.69, 9.17) is 9.47 Å². The third kappa shape index (κ3) is 5.12. The lowest BCUT2D eigenvalue weighted by Crippen LogP contribution is -2.78. The van der Waals surface area contributed by atoms with Crippen LogP contribution in [0.25, 0.3) is 0 Å². The maximum Gasteiger partial charge on any atom is 0.333 e. The number of nitrogens with one attached hydrogen (secondary N) is 1. The maximum atomic E-state index is 12.8. The van der Waals surface area contributed by atoms with Gasteiger partial charge >= 0.3 is 5.97 Å². The number of β-lactam (4-membered cyclic amide) rings is 1. The molecular formula is C23H21N3O8S. The Labute approximate surface area is 203 Å². The summed E-state index contributed by atoms with van der Waals surface area (Å²) in [6, 6.07) is 11.9. The second-order valence-electron chi connectivity index (χ2n) is 7.90. The Morgan fingerprint density at radius 2 is 1.86 bits per heavy atom. The van der Waals surface area contributed by atoms with Gasteiger partial charge in [0.25, 0.3) is 17.5 Å². The minimum atomic E-state index is -1.57. The van der Waals surface area contributed by atoms with Crippen molar-refractivity contribution in [1.82, 2.24) is 10.2 Å². The first kappa shape index (κ1) is 24.2. The molecule has 2 aromatic carbocycles. The molecule has 0 saturated carbocycles. The van der Waals surface area contributed by atoms with Gasteiger partial charge in [-0.05, 0) is 41.0 Å². The molecule has 2 saturated heterocycles. The molecule has 0 aromatic heterocycles. The van der Waals surface area contributed by atoms with E-state index in [-0.39, 0.29) is 30.2 Å². The average molecular weight is 500 g/mol. The maximum absolute atomic E-state index is 12.8. The van der Waals surface area contributed by atoms with Crippen LogP contribution in [0.3, 0.4) is 0 Å². The lowest BCUT2D eigenvalue weighted by atomic mass is 9.98. The summed E-state index contributed by atoms with van der Waals surface area (Å²) in [6.45, 7) is 3.28. The van der Waals surface area contributed by atoms with E-state index < -0.39 is 51.3 Å². The highest BCUT2D eigenvalue weighted by atomic mass is 32.2. The SMILES string of the molecule is C=C1C[S+]([O-])[C@@H]2C(NC(=O)COc3ccccc3)C(=O)N2C1C(=O)OCc1ccc([N+](=O)[O-])cc1. The fraction of sp³-hybridized carbons (Fsp3) is 0.261. The molecule has 0 bridgehead atoms. The van der Waals surface area contributed by atoms with Crippen molar-refractivity contribution in [3.8, 4) is 5.75 Å². The fourth-order valence-electron chi connectivity index (χ4n) is 3.82. The van der Waals surface area contributed by atoms with Crippen LogP contribution in [-0.2, 0) is 36.9 Å². The van der Waals surface area contributed by atoms with Crippen molar-refractivity contribution in [2.75, 3.05) is 12.4 Å². The van der Waals surface area contributed by atoms with Crippen LogP contribution in [0, 0.1) is 10.1 Å². The van der Waals surface area contributed by atoms with E-state index in [1.165, 1.54) is 24.3 Å². The van der Waals surface area contributed by atoms with E-state index in [0.29, 0.717) is 11.3 Å². The van der Waals surface area contributed by atoms with E-state index >= 15 is 0 Å². The standard InChI is InChI=1S/C23H21N3O8S/c1-14-13-35(32)22-19(24-18(27)12-33-17-5-3-2-4-6-17)21(28)25(22)20(14)23(29)34-11-15-7-9-16(10-8-15)26(30)31/h2-10,19-20,22H,1,11-13H2,(H,24,27)/t19?,20?,22-,35?/m1/s1. The summed E-state index contributed by atoms with van der Waals surface area (Å²) < 4.78 is 23.4. The number of rotatable bonds is 8. The van der Waals surface area contributed by atoms with Gasteiger partial charge in [0, 0.05) is 17.7 Å². The first-order chi connectivity index (χ1) is 16.8.